The summed E-state index contributed by atoms with van der Waals surface area (Å²) < 4.78 is 13.9. The highest BCUT2D eigenvalue weighted by Gasteiger charge is 2.16. The van der Waals surface area contributed by atoms with E-state index in [4.69, 9.17) is 17.4 Å². The average molecular weight is 295 g/mol. The molecule has 0 saturated heterocycles. The Balaban J connectivity index is 2.31. The summed E-state index contributed by atoms with van der Waals surface area (Å²) in [6.07, 6.45) is 1.29. The van der Waals surface area contributed by atoms with Crippen molar-refractivity contribution in [2.24, 2.45) is 5.84 Å². The van der Waals surface area contributed by atoms with Crippen LogP contribution >= 0.6 is 11.6 Å². The topological polar surface area (TPSA) is 80.0 Å². The summed E-state index contributed by atoms with van der Waals surface area (Å²) in [6, 6.07) is 6.32. The summed E-state index contributed by atoms with van der Waals surface area (Å²) in [7, 11) is 0. The van der Waals surface area contributed by atoms with Gasteiger partial charge in [-0.25, -0.2) is 15.2 Å². The number of hydrogen-bond donors (Lipinski definition) is 3. The molecule has 2 aromatic rings. The van der Waals surface area contributed by atoms with E-state index in [9.17, 15) is 9.18 Å². The molecular formula is C13H12ClFN4O. The number of nitrogen functional groups attached to an aromatic ring is 1. The van der Waals surface area contributed by atoms with E-state index in [2.05, 4.69) is 15.7 Å². The zero-order chi connectivity index (χ0) is 14.7. The molecule has 0 bridgehead atoms. The second-order valence-electron chi connectivity index (χ2n) is 4.08. The van der Waals surface area contributed by atoms with E-state index < -0.39 is 11.7 Å². The number of amides is 1. The second-order valence-corrected chi connectivity index (χ2v) is 4.52. The molecule has 0 fully saturated rings. The Kier molecular flexibility index (Phi) is 4.16. The van der Waals surface area contributed by atoms with Crippen LogP contribution in [0.5, 0.6) is 0 Å². The number of benzene rings is 1. The summed E-state index contributed by atoms with van der Waals surface area (Å²) in [5.41, 5.74) is 3.26. The van der Waals surface area contributed by atoms with Gasteiger partial charge < -0.3 is 10.7 Å². The summed E-state index contributed by atoms with van der Waals surface area (Å²) in [6.45, 7) is 1.81. The number of carbonyl (C=O) groups is 1. The molecule has 5 nitrogen and oxygen atoms in total. The first kappa shape index (κ1) is 14.2. The van der Waals surface area contributed by atoms with Crippen LogP contribution in [0.1, 0.15) is 15.9 Å². The monoisotopic (exact) mass is 294 g/mol. The van der Waals surface area contributed by atoms with Crippen LogP contribution in [0, 0.1) is 12.7 Å². The maximum Gasteiger partial charge on any atom is 0.258 e. The van der Waals surface area contributed by atoms with E-state index >= 15 is 0 Å². The van der Waals surface area contributed by atoms with Crippen LogP contribution in [-0.4, -0.2) is 10.9 Å². The first-order valence-electron chi connectivity index (χ1n) is 5.71. The number of nitrogens with two attached hydrogens (primary N) is 1. The van der Waals surface area contributed by atoms with Gasteiger partial charge in [0.2, 0.25) is 0 Å². The van der Waals surface area contributed by atoms with Crippen LogP contribution in [-0.2, 0) is 0 Å². The fourth-order valence-electron chi connectivity index (χ4n) is 1.64. The number of hydrazine groups is 1. The molecule has 104 valence electrons. The number of carbonyl (C=O) groups excluding carboxylic acids is 1. The third kappa shape index (κ3) is 2.87. The molecule has 1 amide bonds. The second kappa shape index (κ2) is 5.85. The van der Waals surface area contributed by atoms with Crippen molar-refractivity contribution in [2.45, 2.75) is 6.92 Å². The van der Waals surface area contributed by atoms with Crippen molar-refractivity contribution in [3.05, 3.63) is 52.4 Å². The van der Waals surface area contributed by atoms with Gasteiger partial charge in [0, 0.05) is 16.9 Å². The zero-order valence-electron chi connectivity index (χ0n) is 10.6. The van der Waals surface area contributed by atoms with Gasteiger partial charge in [0.05, 0.1) is 5.56 Å². The Hall–Kier alpha value is -2.18. The molecule has 4 N–H and O–H groups in total. The standard InChI is InChI=1S/C13H12ClFN4O/c1-7-2-3-8(14)6-10(7)18-13(20)9-4-5-17-12(19-16)11(9)15/h2-6H,16H2,1H3,(H,17,19)(H,18,20). The predicted molar refractivity (Wildman–Crippen MR) is 76.1 cm³/mol. The number of nitrogens with one attached hydrogen (secondary N) is 2. The third-order valence-corrected chi connectivity index (χ3v) is 2.95. The average Bonchev–Trinajstić information content (AvgIpc) is 2.43. The number of halogens is 2. The molecule has 0 aliphatic carbocycles. The molecular weight excluding hydrogens is 283 g/mol. The van der Waals surface area contributed by atoms with Crippen molar-refractivity contribution in [2.75, 3.05) is 10.7 Å². The van der Waals surface area contributed by atoms with Crippen molar-refractivity contribution in [3.63, 3.8) is 0 Å². The number of nitrogens with zero attached hydrogens (tertiary/aromatic N) is 1. The van der Waals surface area contributed by atoms with Gasteiger partial charge >= 0.3 is 0 Å². The highest BCUT2D eigenvalue weighted by molar-refractivity contribution is 6.31. The molecule has 0 atom stereocenters. The van der Waals surface area contributed by atoms with Crippen molar-refractivity contribution >= 4 is 29.0 Å². The molecule has 7 heteroatoms. The van der Waals surface area contributed by atoms with Crippen LogP contribution in [0.25, 0.3) is 0 Å². The maximum absolute atomic E-state index is 13.9. The van der Waals surface area contributed by atoms with Gasteiger partial charge in [-0.15, -0.1) is 0 Å². The lowest BCUT2D eigenvalue weighted by Gasteiger charge is -2.10. The normalized spacial score (nSPS) is 10.2. The van der Waals surface area contributed by atoms with Crippen LogP contribution < -0.4 is 16.6 Å². The van der Waals surface area contributed by atoms with Gasteiger partial charge in [-0.05, 0) is 30.7 Å². The highest BCUT2D eigenvalue weighted by Crippen LogP contribution is 2.22. The molecule has 20 heavy (non-hydrogen) atoms. The Morgan fingerprint density at radius 3 is 2.85 bits per heavy atom. The lowest BCUT2D eigenvalue weighted by Crippen LogP contribution is -2.18. The molecule has 0 aliphatic heterocycles. The smallest absolute Gasteiger partial charge is 0.258 e. The molecule has 1 aromatic carbocycles. The number of hydrogen-bond acceptors (Lipinski definition) is 4. The fraction of sp³-hybridized carbons (Fsp3) is 0.0769. The van der Waals surface area contributed by atoms with Gasteiger partial charge in [0.1, 0.15) is 0 Å². The van der Waals surface area contributed by atoms with Crippen LogP contribution in [0.15, 0.2) is 30.5 Å². The SMILES string of the molecule is Cc1ccc(Cl)cc1NC(=O)c1ccnc(NN)c1F. The van der Waals surface area contributed by atoms with E-state index in [1.165, 1.54) is 12.3 Å². The molecule has 0 radical (unpaired) electrons. The first-order valence-corrected chi connectivity index (χ1v) is 6.09. The summed E-state index contributed by atoms with van der Waals surface area (Å²) in [5.74, 6) is 3.50. The van der Waals surface area contributed by atoms with Crippen molar-refractivity contribution in [1.29, 1.82) is 0 Å². The van der Waals surface area contributed by atoms with Crippen LogP contribution in [0.4, 0.5) is 15.9 Å². The molecule has 0 spiro atoms. The fourth-order valence-corrected chi connectivity index (χ4v) is 1.81. The van der Waals surface area contributed by atoms with Crippen LogP contribution in [0.3, 0.4) is 0 Å². The molecule has 1 heterocycles. The summed E-state index contributed by atoms with van der Waals surface area (Å²) in [4.78, 5) is 15.7. The molecule has 0 unspecified atom stereocenters. The maximum atomic E-state index is 13.9. The van der Waals surface area contributed by atoms with Gasteiger partial charge in [0.25, 0.3) is 5.91 Å². The number of pyridine rings is 1. The summed E-state index contributed by atoms with van der Waals surface area (Å²) >= 11 is 5.86. The lowest BCUT2D eigenvalue weighted by molar-refractivity contribution is 0.102. The van der Waals surface area contributed by atoms with E-state index in [-0.39, 0.29) is 11.4 Å². The Morgan fingerprint density at radius 2 is 2.15 bits per heavy atom. The van der Waals surface area contributed by atoms with E-state index in [1.54, 1.807) is 18.2 Å². The zero-order valence-corrected chi connectivity index (χ0v) is 11.3. The van der Waals surface area contributed by atoms with Crippen molar-refractivity contribution in [1.82, 2.24) is 4.98 Å². The van der Waals surface area contributed by atoms with Crippen LogP contribution in [0.2, 0.25) is 5.02 Å². The number of aromatic nitrogens is 1. The Bertz CT molecular complexity index is 663. The van der Waals surface area contributed by atoms with Gasteiger partial charge in [-0.3, -0.25) is 4.79 Å². The van der Waals surface area contributed by atoms with E-state index in [0.717, 1.165) is 5.56 Å². The molecule has 1 aromatic heterocycles. The van der Waals surface area contributed by atoms with Gasteiger partial charge in [0.15, 0.2) is 11.6 Å². The van der Waals surface area contributed by atoms with Crippen molar-refractivity contribution < 1.29 is 9.18 Å². The Morgan fingerprint density at radius 1 is 1.40 bits per heavy atom. The van der Waals surface area contributed by atoms with E-state index in [0.29, 0.717) is 10.7 Å². The Labute approximate surface area is 119 Å². The van der Waals surface area contributed by atoms with Crippen molar-refractivity contribution in [3.8, 4) is 0 Å². The molecule has 0 saturated carbocycles. The number of aryl methyl sites for hydroxylation is 1. The summed E-state index contributed by atoms with van der Waals surface area (Å²) in [5, 5.41) is 3.08. The third-order valence-electron chi connectivity index (χ3n) is 2.72. The number of anilines is 2. The largest absolute Gasteiger partial charge is 0.322 e. The number of rotatable bonds is 3. The minimum absolute atomic E-state index is 0.160. The molecule has 2 rings (SSSR count). The molecule has 0 aliphatic rings. The minimum atomic E-state index is -0.813. The quantitative estimate of drug-likeness (QED) is 0.600. The lowest BCUT2D eigenvalue weighted by atomic mass is 10.1. The van der Waals surface area contributed by atoms with E-state index in [1.807, 2.05) is 6.92 Å². The van der Waals surface area contributed by atoms with Gasteiger partial charge in [-0.1, -0.05) is 17.7 Å². The predicted octanol–water partition coefficient (Wildman–Crippen LogP) is 2.72. The minimum Gasteiger partial charge on any atom is -0.322 e. The highest BCUT2D eigenvalue weighted by atomic mass is 35.5. The van der Waals surface area contributed by atoms with Gasteiger partial charge in [-0.2, -0.15) is 0 Å². The first-order chi connectivity index (χ1) is 9.52.